The average molecular weight is 394 g/mol. The largest absolute Gasteiger partial charge is 0.352 e. The van der Waals surface area contributed by atoms with Crippen molar-refractivity contribution in [1.82, 2.24) is 5.32 Å². The maximum atomic E-state index is 11.8. The van der Waals surface area contributed by atoms with E-state index in [0.29, 0.717) is 5.69 Å². The molecule has 0 heterocycles. The molecule has 1 saturated carbocycles. The van der Waals surface area contributed by atoms with Crippen LogP contribution in [0.1, 0.15) is 12.8 Å². The topological polar surface area (TPSA) is 66.5 Å². The zero-order valence-electron chi connectivity index (χ0n) is 10.5. The van der Waals surface area contributed by atoms with Crippen molar-refractivity contribution >= 4 is 44.2 Å². The molecule has 104 valence electrons. The quantitative estimate of drug-likeness (QED) is 0.767. The molecule has 7 heteroatoms. The van der Waals surface area contributed by atoms with Crippen LogP contribution in [-0.4, -0.2) is 33.2 Å². The van der Waals surface area contributed by atoms with Gasteiger partial charge >= 0.3 is 0 Å². The van der Waals surface area contributed by atoms with Crippen molar-refractivity contribution in [3.8, 4) is 0 Å². The highest BCUT2D eigenvalue weighted by atomic mass is 127. The molecule has 0 unspecified atom stereocenters. The zero-order chi connectivity index (χ0) is 14.0. The second-order valence-corrected chi connectivity index (χ2v) is 7.74. The molecule has 0 aliphatic heterocycles. The first kappa shape index (κ1) is 14.6. The van der Waals surface area contributed by atoms with Gasteiger partial charge in [0.25, 0.3) is 0 Å². The Kier molecular flexibility index (Phi) is 4.34. The van der Waals surface area contributed by atoms with E-state index in [-0.39, 0.29) is 18.5 Å². The monoisotopic (exact) mass is 394 g/mol. The first-order valence-electron chi connectivity index (χ1n) is 5.89. The highest BCUT2D eigenvalue weighted by Crippen LogP contribution is 2.21. The molecular weight excluding hydrogens is 379 g/mol. The number of halogens is 1. The summed E-state index contributed by atoms with van der Waals surface area (Å²) in [5.74, 6) is -0.258. The summed E-state index contributed by atoms with van der Waals surface area (Å²) in [7, 11) is -3.47. The fourth-order valence-electron chi connectivity index (χ4n) is 1.64. The number of hydrogen-bond donors (Lipinski definition) is 1. The Hall–Kier alpha value is -0.830. The molecule has 1 aliphatic rings. The summed E-state index contributed by atoms with van der Waals surface area (Å²) in [4.78, 5) is 11.8. The van der Waals surface area contributed by atoms with E-state index < -0.39 is 10.0 Å². The molecule has 1 aliphatic carbocycles. The molecule has 1 aromatic rings. The average Bonchev–Trinajstić information content (AvgIpc) is 3.10. The molecule has 0 spiro atoms. The third-order valence-corrected chi connectivity index (χ3v) is 4.60. The van der Waals surface area contributed by atoms with Gasteiger partial charge in [0, 0.05) is 9.61 Å². The molecule has 0 atom stereocenters. The van der Waals surface area contributed by atoms with Crippen LogP contribution in [0.3, 0.4) is 0 Å². The Morgan fingerprint density at radius 3 is 2.42 bits per heavy atom. The first-order valence-corrected chi connectivity index (χ1v) is 8.81. The maximum absolute atomic E-state index is 11.8. The molecule has 0 saturated heterocycles. The van der Waals surface area contributed by atoms with Crippen LogP contribution in [0, 0.1) is 3.57 Å². The van der Waals surface area contributed by atoms with E-state index in [1.54, 1.807) is 12.1 Å². The normalized spacial score (nSPS) is 15.1. The number of carbonyl (C=O) groups excluding carboxylic acids is 1. The predicted molar refractivity (Wildman–Crippen MR) is 82.5 cm³/mol. The highest BCUT2D eigenvalue weighted by molar-refractivity contribution is 14.1. The van der Waals surface area contributed by atoms with Gasteiger partial charge in [-0.1, -0.05) is 0 Å². The smallest absolute Gasteiger partial charge is 0.240 e. The van der Waals surface area contributed by atoms with Crippen LogP contribution < -0.4 is 9.62 Å². The lowest BCUT2D eigenvalue weighted by atomic mass is 10.3. The summed E-state index contributed by atoms with van der Waals surface area (Å²) in [6.45, 7) is -0.171. The minimum Gasteiger partial charge on any atom is -0.352 e. The van der Waals surface area contributed by atoms with E-state index in [1.807, 2.05) is 12.1 Å². The van der Waals surface area contributed by atoms with Crippen LogP contribution in [0.5, 0.6) is 0 Å². The highest BCUT2D eigenvalue weighted by Gasteiger charge is 2.26. The molecule has 0 aromatic heterocycles. The second-order valence-electron chi connectivity index (χ2n) is 4.59. The summed E-state index contributed by atoms with van der Waals surface area (Å²) in [6, 6.07) is 7.26. The van der Waals surface area contributed by atoms with E-state index in [0.717, 1.165) is 27.0 Å². The third kappa shape index (κ3) is 4.34. The number of carbonyl (C=O) groups is 1. The van der Waals surface area contributed by atoms with Crippen molar-refractivity contribution in [2.75, 3.05) is 17.1 Å². The third-order valence-electron chi connectivity index (χ3n) is 2.74. The summed E-state index contributed by atoms with van der Waals surface area (Å²) >= 11 is 2.14. The van der Waals surface area contributed by atoms with Crippen LogP contribution in [0.15, 0.2) is 24.3 Å². The fourth-order valence-corrected chi connectivity index (χ4v) is 2.85. The number of sulfonamides is 1. The Balaban J connectivity index is 2.15. The Labute approximate surface area is 126 Å². The number of rotatable bonds is 5. The van der Waals surface area contributed by atoms with Gasteiger partial charge in [-0.25, -0.2) is 8.42 Å². The van der Waals surface area contributed by atoms with Crippen molar-refractivity contribution in [3.05, 3.63) is 27.8 Å². The zero-order valence-corrected chi connectivity index (χ0v) is 13.4. The number of benzene rings is 1. The summed E-state index contributed by atoms with van der Waals surface area (Å²) in [5.41, 5.74) is 0.508. The van der Waals surface area contributed by atoms with Gasteiger partial charge in [0.2, 0.25) is 15.9 Å². The molecule has 5 nitrogen and oxygen atoms in total. The summed E-state index contributed by atoms with van der Waals surface area (Å²) in [6.07, 6.45) is 3.07. The van der Waals surface area contributed by atoms with Gasteiger partial charge in [-0.05, 0) is 59.7 Å². The van der Waals surface area contributed by atoms with Crippen LogP contribution in [0.4, 0.5) is 5.69 Å². The van der Waals surface area contributed by atoms with Gasteiger partial charge in [-0.2, -0.15) is 0 Å². The maximum Gasteiger partial charge on any atom is 0.240 e. The second kappa shape index (κ2) is 5.66. The summed E-state index contributed by atoms with van der Waals surface area (Å²) in [5, 5.41) is 2.79. The fraction of sp³-hybridized carbons (Fsp3) is 0.417. The number of amides is 1. The van der Waals surface area contributed by atoms with Crippen molar-refractivity contribution in [1.29, 1.82) is 0 Å². The van der Waals surface area contributed by atoms with Gasteiger partial charge < -0.3 is 5.32 Å². The first-order chi connectivity index (χ1) is 8.86. The lowest BCUT2D eigenvalue weighted by molar-refractivity contribution is -0.119. The minimum atomic E-state index is -3.47. The van der Waals surface area contributed by atoms with Crippen LogP contribution in [0.2, 0.25) is 0 Å². The molecule has 1 aromatic carbocycles. The number of nitrogens with one attached hydrogen (secondary N) is 1. The lowest BCUT2D eigenvalue weighted by Crippen LogP contribution is -2.41. The number of hydrogen-bond acceptors (Lipinski definition) is 3. The lowest BCUT2D eigenvalue weighted by Gasteiger charge is -2.21. The van der Waals surface area contributed by atoms with Crippen LogP contribution in [0.25, 0.3) is 0 Å². The van der Waals surface area contributed by atoms with Crippen molar-refractivity contribution in [2.24, 2.45) is 0 Å². The van der Waals surface area contributed by atoms with E-state index >= 15 is 0 Å². The SMILES string of the molecule is CS(=O)(=O)N(CC(=O)NC1CC1)c1ccc(I)cc1. The van der Waals surface area contributed by atoms with E-state index in [2.05, 4.69) is 27.9 Å². The van der Waals surface area contributed by atoms with E-state index in [4.69, 9.17) is 0 Å². The molecule has 0 bridgehead atoms. The Morgan fingerprint density at radius 2 is 1.95 bits per heavy atom. The van der Waals surface area contributed by atoms with Crippen molar-refractivity contribution < 1.29 is 13.2 Å². The van der Waals surface area contributed by atoms with Gasteiger partial charge in [0.15, 0.2) is 0 Å². The van der Waals surface area contributed by atoms with Crippen molar-refractivity contribution in [2.45, 2.75) is 18.9 Å². The molecule has 19 heavy (non-hydrogen) atoms. The van der Waals surface area contributed by atoms with Gasteiger partial charge in [-0.3, -0.25) is 9.10 Å². The van der Waals surface area contributed by atoms with Gasteiger partial charge in [0.05, 0.1) is 11.9 Å². The van der Waals surface area contributed by atoms with Gasteiger partial charge in [-0.15, -0.1) is 0 Å². The predicted octanol–water partition coefficient (Wildman–Crippen LogP) is 1.34. The Morgan fingerprint density at radius 1 is 1.37 bits per heavy atom. The molecule has 1 N–H and O–H groups in total. The van der Waals surface area contributed by atoms with E-state index in [1.165, 1.54) is 0 Å². The van der Waals surface area contributed by atoms with Crippen molar-refractivity contribution in [3.63, 3.8) is 0 Å². The molecular formula is C12H15IN2O3S. The molecule has 0 radical (unpaired) electrons. The molecule has 1 fully saturated rings. The number of anilines is 1. The standard InChI is InChI=1S/C12H15IN2O3S/c1-19(17,18)15(8-12(16)14-10-4-5-10)11-6-2-9(13)3-7-11/h2-3,6-7,10H,4-5,8H2,1H3,(H,14,16). The van der Waals surface area contributed by atoms with Crippen LogP contribution in [-0.2, 0) is 14.8 Å². The molecule has 1 amide bonds. The van der Waals surface area contributed by atoms with Gasteiger partial charge in [0.1, 0.15) is 6.54 Å². The minimum absolute atomic E-state index is 0.171. The van der Waals surface area contributed by atoms with Crippen LogP contribution >= 0.6 is 22.6 Å². The van der Waals surface area contributed by atoms with E-state index in [9.17, 15) is 13.2 Å². The molecule has 2 rings (SSSR count). The number of nitrogens with zero attached hydrogens (tertiary/aromatic N) is 1. The summed E-state index contributed by atoms with van der Waals surface area (Å²) < 4.78 is 25.7. The Bertz CT molecular complexity index is 567.